The number of carbonyl (C=O) groups excluding carboxylic acids is 1. The van der Waals surface area contributed by atoms with E-state index in [-0.39, 0.29) is 23.8 Å². The van der Waals surface area contributed by atoms with Crippen molar-refractivity contribution in [3.05, 3.63) is 21.8 Å². The molecule has 5 nitrogen and oxygen atoms in total. The van der Waals surface area contributed by atoms with E-state index in [1.165, 1.54) is 23.1 Å². The Morgan fingerprint density at radius 2 is 2.45 bits per heavy atom. The lowest BCUT2D eigenvalue weighted by molar-refractivity contribution is -0.118. The SMILES string of the molecule is C#CCNC(=O)CSc1nc2ccsc2c(=O)n1CC. The predicted octanol–water partition coefficient (Wildman–Crippen LogP) is 1.32. The van der Waals surface area contributed by atoms with Crippen LogP contribution in [-0.2, 0) is 11.3 Å². The normalized spacial score (nSPS) is 10.4. The van der Waals surface area contributed by atoms with Crippen LogP contribution in [-0.4, -0.2) is 27.8 Å². The van der Waals surface area contributed by atoms with Crippen molar-refractivity contribution in [2.24, 2.45) is 0 Å². The van der Waals surface area contributed by atoms with E-state index >= 15 is 0 Å². The van der Waals surface area contributed by atoms with Crippen LogP contribution in [0.4, 0.5) is 0 Å². The molecule has 2 heterocycles. The summed E-state index contributed by atoms with van der Waals surface area (Å²) in [5.41, 5.74) is 0.621. The molecule has 0 fully saturated rings. The van der Waals surface area contributed by atoms with Gasteiger partial charge in [0.15, 0.2) is 5.16 Å². The minimum Gasteiger partial charge on any atom is -0.344 e. The lowest BCUT2D eigenvalue weighted by Crippen LogP contribution is -2.26. The van der Waals surface area contributed by atoms with Gasteiger partial charge >= 0.3 is 0 Å². The zero-order chi connectivity index (χ0) is 14.5. The van der Waals surface area contributed by atoms with Gasteiger partial charge in [0.1, 0.15) is 4.70 Å². The van der Waals surface area contributed by atoms with Crippen LogP contribution in [0.25, 0.3) is 10.2 Å². The van der Waals surface area contributed by atoms with E-state index in [0.717, 1.165) is 0 Å². The van der Waals surface area contributed by atoms with Gasteiger partial charge < -0.3 is 5.32 Å². The minimum absolute atomic E-state index is 0.0565. The molecule has 0 aliphatic rings. The number of nitrogens with zero attached hydrogens (tertiary/aromatic N) is 2. The van der Waals surface area contributed by atoms with Gasteiger partial charge in [-0.2, -0.15) is 0 Å². The van der Waals surface area contributed by atoms with Crippen molar-refractivity contribution in [2.45, 2.75) is 18.6 Å². The molecule has 2 rings (SSSR count). The lowest BCUT2D eigenvalue weighted by Gasteiger charge is -2.09. The number of hydrogen-bond acceptors (Lipinski definition) is 5. The fourth-order valence-corrected chi connectivity index (χ4v) is 3.31. The van der Waals surface area contributed by atoms with Gasteiger partial charge in [-0.3, -0.25) is 14.2 Å². The maximum absolute atomic E-state index is 12.3. The Morgan fingerprint density at radius 3 is 3.15 bits per heavy atom. The minimum atomic E-state index is -0.171. The van der Waals surface area contributed by atoms with E-state index in [9.17, 15) is 9.59 Å². The van der Waals surface area contributed by atoms with Gasteiger partial charge in [0.2, 0.25) is 5.91 Å². The quantitative estimate of drug-likeness (QED) is 0.514. The topological polar surface area (TPSA) is 64.0 Å². The number of thioether (sulfide) groups is 1. The van der Waals surface area contributed by atoms with Gasteiger partial charge in [0.25, 0.3) is 5.56 Å². The van der Waals surface area contributed by atoms with Crippen LogP contribution >= 0.6 is 23.1 Å². The van der Waals surface area contributed by atoms with Gasteiger partial charge in [-0.15, -0.1) is 17.8 Å². The van der Waals surface area contributed by atoms with Crippen LogP contribution in [0, 0.1) is 12.3 Å². The van der Waals surface area contributed by atoms with Gasteiger partial charge in [0.05, 0.1) is 17.8 Å². The molecule has 0 bridgehead atoms. The highest BCUT2D eigenvalue weighted by atomic mass is 32.2. The molecule has 0 saturated heterocycles. The number of hydrogen-bond donors (Lipinski definition) is 1. The van der Waals surface area contributed by atoms with Crippen LogP contribution in [0.3, 0.4) is 0 Å². The van der Waals surface area contributed by atoms with Gasteiger partial charge in [-0.25, -0.2) is 4.98 Å². The Bertz CT molecular complexity index is 727. The van der Waals surface area contributed by atoms with E-state index in [4.69, 9.17) is 6.42 Å². The van der Waals surface area contributed by atoms with Crippen molar-refractivity contribution in [1.29, 1.82) is 0 Å². The number of nitrogens with one attached hydrogen (secondary N) is 1. The third-order valence-corrected chi connectivity index (χ3v) is 4.44. The third kappa shape index (κ3) is 3.03. The van der Waals surface area contributed by atoms with Crippen LogP contribution in [0.1, 0.15) is 6.92 Å². The smallest absolute Gasteiger partial charge is 0.272 e. The summed E-state index contributed by atoms with van der Waals surface area (Å²) in [7, 11) is 0. The summed E-state index contributed by atoms with van der Waals surface area (Å²) >= 11 is 2.62. The molecule has 0 saturated carbocycles. The van der Waals surface area contributed by atoms with Gasteiger partial charge in [0, 0.05) is 6.54 Å². The number of aromatic nitrogens is 2. The standard InChI is InChI=1S/C13H13N3O2S2/c1-3-6-14-10(17)8-20-13-15-9-5-7-19-11(9)12(18)16(13)4-2/h1,5,7H,4,6,8H2,2H3,(H,14,17). The molecular formula is C13H13N3O2S2. The predicted molar refractivity (Wildman–Crippen MR) is 82.1 cm³/mol. The summed E-state index contributed by atoms with van der Waals surface area (Å²) in [6.07, 6.45) is 5.07. The molecule has 0 aliphatic carbocycles. The summed E-state index contributed by atoms with van der Waals surface area (Å²) in [6.45, 7) is 2.61. The zero-order valence-corrected chi connectivity index (χ0v) is 12.5. The average molecular weight is 307 g/mol. The molecule has 2 aromatic rings. The highest BCUT2D eigenvalue weighted by Crippen LogP contribution is 2.20. The largest absolute Gasteiger partial charge is 0.344 e. The molecule has 0 unspecified atom stereocenters. The number of rotatable bonds is 5. The van der Waals surface area contributed by atoms with Crippen LogP contribution in [0.2, 0.25) is 0 Å². The molecule has 104 valence electrons. The second kappa shape index (κ2) is 6.59. The molecule has 0 spiro atoms. The van der Waals surface area contributed by atoms with Crippen molar-refractivity contribution in [3.63, 3.8) is 0 Å². The summed E-state index contributed by atoms with van der Waals surface area (Å²) in [5, 5.41) is 4.97. The molecule has 0 radical (unpaired) electrons. The first-order valence-corrected chi connectivity index (χ1v) is 7.85. The summed E-state index contributed by atoms with van der Waals surface area (Å²) in [5.74, 6) is 2.35. The second-order valence-corrected chi connectivity index (χ2v) is 5.71. The number of terminal acetylenes is 1. The van der Waals surface area contributed by atoms with Crippen molar-refractivity contribution in [3.8, 4) is 12.3 Å². The third-order valence-electron chi connectivity index (χ3n) is 2.57. The Hall–Kier alpha value is -1.78. The summed E-state index contributed by atoms with van der Waals surface area (Å²) in [4.78, 5) is 28.2. The number of amides is 1. The Morgan fingerprint density at radius 1 is 1.65 bits per heavy atom. The fraction of sp³-hybridized carbons (Fsp3) is 0.308. The number of thiophene rings is 1. The maximum atomic E-state index is 12.3. The molecule has 7 heteroatoms. The van der Waals surface area contributed by atoms with E-state index in [0.29, 0.717) is 21.9 Å². The van der Waals surface area contributed by atoms with Gasteiger partial charge in [-0.1, -0.05) is 17.7 Å². The Labute approximate surface area is 124 Å². The molecule has 0 atom stereocenters. The van der Waals surface area contributed by atoms with Crippen LogP contribution in [0.15, 0.2) is 21.4 Å². The fourth-order valence-electron chi connectivity index (χ4n) is 1.64. The average Bonchev–Trinajstić information content (AvgIpc) is 2.91. The van der Waals surface area contributed by atoms with E-state index in [2.05, 4.69) is 16.2 Å². The monoisotopic (exact) mass is 307 g/mol. The summed E-state index contributed by atoms with van der Waals surface area (Å²) in [6, 6.07) is 1.81. The van der Waals surface area contributed by atoms with Crippen molar-refractivity contribution in [1.82, 2.24) is 14.9 Å². The maximum Gasteiger partial charge on any atom is 0.272 e. The zero-order valence-electron chi connectivity index (χ0n) is 10.9. The number of fused-ring (bicyclic) bond motifs is 1. The van der Waals surface area contributed by atoms with Crippen LogP contribution in [0.5, 0.6) is 0 Å². The molecule has 2 aromatic heterocycles. The molecule has 20 heavy (non-hydrogen) atoms. The molecule has 1 amide bonds. The first-order valence-electron chi connectivity index (χ1n) is 5.98. The van der Waals surface area contributed by atoms with Gasteiger partial charge in [-0.05, 0) is 18.4 Å². The highest BCUT2D eigenvalue weighted by Gasteiger charge is 2.12. The second-order valence-electron chi connectivity index (χ2n) is 3.85. The van der Waals surface area contributed by atoms with Crippen molar-refractivity contribution < 1.29 is 4.79 Å². The summed E-state index contributed by atoms with van der Waals surface area (Å²) < 4.78 is 2.23. The lowest BCUT2D eigenvalue weighted by atomic mass is 10.5. The van der Waals surface area contributed by atoms with Crippen molar-refractivity contribution >= 4 is 39.2 Å². The molecule has 0 aliphatic heterocycles. The first kappa shape index (κ1) is 14.6. The van der Waals surface area contributed by atoms with Crippen molar-refractivity contribution in [2.75, 3.05) is 12.3 Å². The van der Waals surface area contributed by atoms with E-state index < -0.39 is 0 Å². The molecule has 1 N–H and O–H groups in total. The molecular weight excluding hydrogens is 294 g/mol. The highest BCUT2D eigenvalue weighted by molar-refractivity contribution is 7.99. The Balaban J connectivity index is 2.23. The van der Waals surface area contributed by atoms with Crippen LogP contribution < -0.4 is 10.9 Å². The first-order chi connectivity index (χ1) is 9.67. The molecule has 0 aromatic carbocycles. The number of carbonyl (C=O) groups is 1. The Kier molecular flexibility index (Phi) is 4.82. The van der Waals surface area contributed by atoms with E-state index in [1.807, 2.05) is 18.4 Å². The van der Waals surface area contributed by atoms with E-state index in [1.54, 1.807) is 4.57 Å².